The molecule has 0 spiro atoms. The standard InChI is InChI=1S/C16H15BrN4O3/c1-9-4-6-10(7-5-9)11(22)8-21-12-13(18-15(21)17)19(2)16(24)20(3)14(12)23/h4-7H,8H2,1-3H3. The molecule has 0 amide bonds. The van der Waals surface area contributed by atoms with Gasteiger partial charge in [-0.2, -0.15) is 0 Å². The van der Waals surface area contributed by atoms with Gasteiger partial charge in [-0.3, -0.25) is 18.7 Å². The van der Waals surface area contributed by atoms with Crippen LogP contribution in [0.2, 0.25) is 0 Å². The predicted octanol–water partition coefficient (Wildman–Crippen LogP) is 1.39. The molecule has 0 bridgehead atoms. The highest BCUT2D eigenvalue weighted by Crippen LogP contribution is 2.17. The van der Waals surface area contributed by atoms with Gasteiger partial charge in [0.2, 0.25) is 0 Å². The van der Waals surface area contributed by atoms with Gasteiger partial charge in [-0.25, -0.2) is 9.78 Å². The normalized spacial score (nSPS) is 11.2. The molecular weight excluding hydrogens is 376 g/mol. The minimum atomic E-state index is -0.483. The predicted molar refractivity (Wildman–Crippen MR) is 93.4 cm³/mol. The van der Waals surface area contributed by atoms with E-state index in [0.29, 0.717) is 10.3 Å². The molecule has 0 saturated heterocycles. The number of hydrogen-bond acceptors (Lipinski definition) is 4. The van der Waals surface area contributed by atoms with E-state index in [0.717, 1.165) is 10.1 Å². The van der Waals surface area contributed by atoms with Crippen LogP contribution >= 0.6 is 15.9 Å². The molecule has 0 aliphatic rings. The Morgan fingerprint density at radius 1 is 1.12 bits per heavy atom. The monoisotopic (exact) mass is 390 g/mol. The SMILES string of the molecule is Cc1ccc(C(=O)Cn2c(Br)nc3c2c(=O)n(C)c(=O)n3C)cc1. The molecule has 0 unspecified atom stereocenters. The van der Waals surface area contributed by atoms with Crippen LogP contribution in [0.1, 0.15) is 15.9 Å². The number of carbonyl (C=O) groups excluding carboxylic acids is 1. The molecule has 3 aromatic rings. The highest BCUT2D eigenvalue weighted by Gasteiger charge is 2.19. The molecule has 8 heteroatoms. The van der Waals surface area contributed by atoms with E-state index in [1.54, 1.807) is 12.1 Å². The number of carbonyl (C=O) groups is 1. The molecule has 0 fully saturated rings. The molecule has 0 aliphatic heterocycles. The van der Waals surface area contributed by atoms with E-state index in [-0.39, 0.29) is 23.5 Å². The minimum absolute atomic E-state index is 0.0480. The molecule has 0 N–H and O–H groups in total. The second-order valence-corrected chi connectivity index (χ2v) is 6.34. The Bertz CT molecular complexity index is 1070. The molecule has 0 radical (unpaired) electrons. The average molecular weight is 391 g/mol. The maximum Gasteiger partial charge on any atom is 0.332 e. The van der Waals surface area contributed by atoms with Crippen molar-refractivity contribution in [2.45, 2.75) is 13.5 Å². The van der Waals surface area contributed by atoms with E-state index in [2.05, 4.69) is 20.9 Å². The summed E-state index contributed by atoms with van der Waals surface area (Å²) in [7, 11) is 2.94. The Morgan fingerprint density at radius 3 is 2.38 bits per heavy atom. The van der Waals surface area contributed by atoms with Crippen LogP contribution in [-0.2, 0) is 20.6 Å². The van der Waals surface area contributed by atoms with E-state index < -0.39 is 11.2 Å². The van der Waals surface area contributed by atoms with Gasteiger partial charge in [-0.15, -0.1) is 0 Å². The van der Waals surface area contributed by atoms with Crippen LogP contribution in [0.15, 0.2) is 38.6 Å². The largest absolute Gasteiger partial charge is 0.332 e. The fraction of sp³-hybridized carbons (Fsp3) is 0.250. The summed E-state index contributed by atoms with van der Waals surface area (Å²) in [5.74, 6) is -0.147. The Balaban J connectivity index is 2.15. The Hall–Kier alpha value is -2.48. The van der Waals surface area contributed by atoms with Crippen molar-refractivity contribution in [3.8, 4) is 0 Å². The third kappa shape index (κ3) is 2.52. The van der Waals surface area contributed by atoms with Crippen LogP contribution < -0.4 is 11.2 Å². The topological polar surface area (TPSA) is 78.9 Å². The van der Waals surface area contributed by atoms with Crippen molar-refractivity contribution >= 4 is 32.9 Å². The summed E-state index contributed by atoms with van der Waals surface area (Å²) < 4.78 is 4.10. The molecule has 7 nitrogen and oxygen atoms in total. The molecule has 0 atom stereocenters. The van der Waals surface area contributed by atoms with E-state index in [4.69, 9.17) is 0 Å². The van der Waals surface area contributed by atoms with E-state index >= 15 is 0 Å². The molecule has 2 aromatic heterocycles. The minimum Gasteiger partial charge on any atom is -0.305 e. The highest BCUT2D eigenvalue weighted by atomic mass is 79.9. The van der Waals surface area contributed by atoms with Gasteiger partial charge in [0.05, 0.1) is 6.54 Å². The van der Waals surface area contributed by atoms with Crippen molar-refractivity contribution in [1.82, 2.24) is 18.7 Å². The van der Waals surface area contributed by atoms with Crippen molar-refractivity contribution in [1.29, 1.82) is 0 Å². The lowest BCUT2D eigenvalue weighted by Crippen LogP contribution is -2.37. The van der Waals surface area contributed by atoms with Crippen LogP contribution in [0.4, 0.5) is 0 Å². The maximum absolute atomic E-state index is 12.5. The number of ketones is 1. The lowest BCUT2D eigenvalue weighted by molar-refractivity contribution is 0.0972. The second-order valence-electron chi connectivity index (χ2n) is 5.63. The average Bonchev–Trinajstić information content (AvgIpc) is 2.88. The van der Waals surface area contributed by atoms with Crippen molar-refractivity contribution in [3.05, 3.63) is 61.0 Å². The molecule has 1 aromatic carbocycles. The fourth-order valence-electron chi connectivity index (χ4n) is 2.54. The lowest BCUT2D eigenvalue weighted by Gasteiger charge is -2.07. The van der Waals surface area contributed by atoms with E-state index in [1.165, 1.54) is 23.2 Å². The van der Waals surface area contributed by atoms with Crippen LogP contribution in [0, 0.1) is 6.92 Å². The first-order chi connectivity index (χ1) is 11.3. The van der Waals surface area contributed by atoms with Gasteiger partial charge < -0.3 is 4.57 Å². The number of imidazole rings is 1. The number of fused-ring (bicyclic) bond motifs is 1. The van der Waals surface area contributed by atoms with Gasteiger partial charge in [-0.05, 0) is 22.9 Å². The van der Waals surface area contributed by atoms with Crippen molar-refractivity contribution in [2.24, 2.45) is 14.1 Å². The number of halogens is 1. The van der Waals surface area contributed by atoms with Crippen molar-refractivity contribution in [3.63, 3.8) is 0 Å². The molecular formula is C16H15BrN4O3. The Labute approximate surface area is 145 Å². The van der Waals surface area contributed by atoms with Gasteiger partial charge in [0.25, 0.3) is 5.56 Å². The Morgan fingerprint density at radius 2 is 1.75 bits per heavy atom. The third-order valence-electron chi connectivity index (χ3n) is 3.98. The summed E-state index contributed by atoms with van der Waals surface area (Å²) in [5.41, 5.74) is 1.12. The molecule has 24 heavy (non-hydrogen) atoms. The Kier molecular flexibility index (Phi) is 4.00. The molecule has 0 aliphatic carbocycles. The summed E-state index contributed by atoms with van der Waals surface area (Å²) >= 11 is 3.28. The molecule has 124 valence electrons. The fourth-order valence-corrected chi connectivity index (χ4v) is 3.01. The maximum atomic E-state index is 12.5. The van der Waals surface area contributed by atoms with Crippen molar-refractivity contribution in [2.75, 3.05) is 0 Å². The zero-order chi connectivity index (χ0) is 17.6. The number of aromatic nitrogens is 4. The first-order valence-electron chi connectivity index (χ1n) is 7.23. The van der Waals surface area contributed by atoms with Gasteiger partial charge in [0.15, 0.2) is 21.7 Å². The highest BCUT2D eigenvalue weighted by molar-refractivity contribution is 9.10. The third-order valence-corrected chi connectivity index (χ3v) is 4.58. The molecule has 0 saturated carbocycles. The number of Topliss-reactive ketones (excluding diaryl/α,β-unsaturated/α-hetero) is 1. The van der Waals surface area contributed by atoms with Crippen LogP contribution in [0.3, 0.4) is 0 Å². The number of hydrogen-bond donors (Lipinski definition) is 0. The lowest BCUT2D eigenvalue weighted by atomic mass is 10.1. The molecule has 2 heterocycles. The quantitative estimate of drug-likeness (QED) is 0.499. The summed E-state index contributed by atoms with van der Waals surface area (Å²) in [4.78, 5) is 41.2. The summed E-state index contributed by atoms with van der Waals surface area (Å²) in [6.07, 6.45) is 0. The number of rotatable bonds is 3. The van der Waals surface area contributed by atoms with E-state index in [1.807, 2.05) is 19.1 Å². The van der Waals surface area contributed by atoms with Crippen LogP contribution in [0.25, 0.3) is 11.2 Å². The van der Waals surface area contributed by atoms with Gasteiger partial charge >= 0.3 is 5.69 Å². The van der Waals surface area contributed by atoms with Gasteiger partial charge in [0, 0.05) is 19.7 Å². The van der Waals surface area contributed by atoms with Crippen LogP contribution in [0.5, 0.6) is 0 Å². The molecule has 3 rings (SSSR count). The number of benzene rings is 1. The number of nitrogens with zero attached hydrogens (tertiary/aromatic N) is 4. The zero-order valence-electron chi connectivity index (χ0n) is 13.4. The van der Waals surface area contributed by atoms with Gasteiger partial charge in [-0.1, -0.05) is 29.8 Å². The first-order valence-corrected chi connectivity index (χ1v) is 8.02. The van der Waals surface area contributed by atoms with Gasteiger partial charge in [0.1, 0.15) is 0 Å². The summed E-state index contributed by atoms with van der Waals surface area (Å²) in [6.45, 7) is 1.89. The number of aryl methyl sites for hydroxylation is 2. The summed E-state index contributed by atoms with van der Waals surface area (Å²) in [6, 6.07) is 7.21. The smallest absolute Gasteiger partial charge is 0.305 e. The van der Waals surface area contributed by atoms with E-state index in [9.17, 15) is 14.4 Å². The first kappa shape index (κ1) is 16.4. The van der Waals surface area contributed by atoms with Crippen LogP contribution in [-0.4, -0.2) is 24.5 Å². The summed E-state index contributed by atoms with van der Waals surface area (Å²) in [5, 5.41) is 0. The van der Waals surface area contributed by atoms with Crippen molar-refractivity contribution < 1.29 is 4.79 Å². The zero-order valence-corrected chi connectivity index (χ0v) is 15.0. The second kappa shape index (κ2) is 5.86.